The summed E-state index contributed by atoms with van der Waals surface area (Å²) < 4.78 is 4.81. The fourth-order valence-electron chi connectivity index (χ4n) is 0.919. The molecule has 0 aliphatic carbocycles. The number of methoxy groups -OCH3 is 1. The number of aromatic nitrogens is 2. The molecule has 6 nitrogen and oxygen atoms in total. The molecule has 6 heteroatoms. The number of nitrogens with two attached hydrogens (primary N) is 1. The number of aromatic amines is 1. The monoisotopic (exact) mass is 198 g/mol. The Labute approximate surface area is 81.8 Å². The summed E-state index contributed by atoms with van der Waals surface area (Å²) in [5, 5.41) is 2.54. The molecular formula is C8H14N4O2. The summed E-state index contributed by atoms with van der Waals surface area (Å²) >= 11 is 0. The normalized spacial score (nSPS) is 12.4. The quantitative estimate of drug-likeness (QED) is 0.606. The molecule has 0 saturated carbocycles. The van der Waals surface area contributed by atoms with Crippen molar-refractivity contribution in [1.29, 1.82) is 0 Å². The van der Waals surface area contributed by atoms with Gasteiger partial charge in [-0.15, -0.1) is 0 Å². The van der Waals surface area contributed by atoms with Gasteiger partial charge < -0.3 is 15.5 Å². The van der Waals surface area contributed by atoms with E-state index in [0.717, 1.165) is 0 Å². The zero-order valence-corrected chi connectivity index (χ0v) is 7.99. The van der Waals surface area contributed by atoms with Crippen LogP contribution in [0.3, 0.4) is 0 Å². The van der Waals surface area contributed by atoms with Crippen LogP contribution < -0.4 is 11.1 Å². The number of anilines is 1. The van der Waals surface area contributed by atoms with Crippen LogP contribution in [0.5, 0.6) is 0 Å². The van der Waals surface area contributed by atoms with Gasteiger partial charge in [0.15, 0.2) is 0 Å². The Morgan fingerprint density at radius 1 is 1.86 bits per heavy atom. The van der Waals surface area contributed by atoms with Gasteiger partial charge in [-0.2, -0.15) is 0 Å². The molecule has 0 aromatic carbocycles. The van der Waals surface area contributed by atoms with Crippen LogP contribution in [0, 0.1) is 0 Å². The van der Waals surface area contributed by atoms with E-state index in [2.05, 4.69) is 15.3 Å². The van der Waals surface area contributed by atoms with E-state index in [-0.39, 0.29) is 5.91 Å². The second kappa shape index (κ2) is 5.36. The first-order valence-electron chi connectivity index (χ1n) is 4.29. The highest BCUT2D eigenvalue weighted by Crippen LogP contribution is 1.97. The fourth-order valence-corrected chi connectivity index (χ4v) is 0.919. The van der Waals surface area contributed by atoms with Gasteiger partial charge >= 0.3 is 0 Å². The maximum Gasteiger partial charge on any atom is 0.243 e. The lowest BCUT2D eigenvalue weighted by molar-refractivity contribution is -0.117. The van der Waals surface area contributed by atoms with Crippen molar-refractivity contribution in [3.05, 3.63) is 12.4 Å². The predicted molar refractivity (Wildman–Crippen MR) is 51.7 cm³/mol. The van der Waals surface area contributed by atoms with E-state index in [9.17, 15) is 4.79 Å². The molecule has 0 aliphatic heterocycles. The second-order valence-electron chi connectivity index (χ2n) is 2.81. The van der Waals surface area contributed by atoms with E-state index in [0.29, 0.717) is 19.0 Å². The third-order valence-corrected chi connectivity index (χ3v) is 1.71. The van der Waals surface area contributed by atoms with Crippen LogP contribution in [0.1, 0.15) is 6.42 Å². The SMILES string of the molecule is COCCC(N)C(=O)Nc1ncc[nH]1. The molecule has 1 rings (SSSR count). The topological polar surface area (TPSA) is 93.0 Å². The lowest BCUT2D eigenvalue weighted by Crippen LogP contribution is -2.36. The van der Waals surface area contributed by atoms with Crippen molar-refractivity contribution in [2.24, 2.45) is 5.73 Å². The maximum absolute atomic E-state index is 11.4. The molecule has 1 aromatic heterocycles. The lowest BCUT2D eigenvalue weighted by atomic mass is 10.2. The molecule has 1 atom stereocenters. The Kier molecular flexibility index (Phi) is 4.09. The third-order valence-electron chi connectivity index (χ3n) is 1.71. The smallest absolute Gasteiger partial charge is 0.243 e. The van der Waals surface area contributed by atoms with E-state index in [1.807, 2.05) is 0 Å². The number of carbonyl (C=O) groups excluding carboxylic acids is 1. The minimum atomic E-state index is -0.569. The molecule has 0 spiro atoms. The van der Waals surface area contributed by atoms with Gasteiger partial charge in [0.25, 0.3) is 0 Å². The van der Waals surface area contributed by atoms with E-state index in [1.54, 1.807) is 19.5 Å². The van der Waals surface area contributed by atoms with Crippen molar-refractivity contribution in [3.63, 3.8) is 0 Å². The van der Waals surface area contributed by atoms with Gasteiger partial charge in [-0.05, 0) is 6.42 Å². The van der Waals surface area contributed by atoms with Gasteiger partial charge in [0.2, 0.25) is 11.9 Å². The van der Waals surface area contributed by atoms with Crippen molar-refractivity contribution in [2.45, 2.75) is 12.5 Å². The highest BCUT2D eigenvalue weighted by Gasteiger charge is 2.13. The van der Waals surface area contributed by atoms with Crippen molar-refractivity contribution < 1.29 is 9.53 Å². The average Bonchev–Trinajstić information content (AvgIpc) is 2.66. The minimum Gasteiger partial charge on any atom is -0.385 e. The number of H-pyrrole nitrogens is 1. The standard InChI is InChI=1S/C8H14N4O2/c1-14-5-2-6(9)7(13)12-8-10-3-4-11-8/h3-4,6H,2,5,9H2,1H3,(H2,10,11,12,13). The maximum atomic E-state index is 11.4. The molecule has 1 amide bonds. The number of ether oxygens (including phenoxy) is 1. The number of nitrogens with zero attached hydrogens (tertiary/aromatic N) is 1. The summed E-state index contributed by atoms with van der Waals surface area (Å²) in [6.45, 7) is 0.465. The van der Waals surface area contributed by atoms with E-state index in [4.69, 9.17) is 10.5 Å². The molecule has 0 aliphatic rings. The molecule has 0 saturated heterocycles. The first-order chi connectivity index (χ1) is 6.74. The van der Waals surface area contributed by atoms with Gasteiger partial charge in [-0.1, -0.05) is 0 Å². The molecule has 1 heterocycles. The largest absolute Gasteiger partial charge is 0.385 e. The number of hydrogen-bond acceptors (Lipinski definition) is 4. The van der Waals surface area contributed by atoms with Crippen molar-refractivity contribution in [3.8, 4) is 0 Å². The molecule has 4 N–H and O–H groups in total. The molecule has 14 heavy (non-hydrogen) atoms. The summed E-state index contributed by atoms with van der Waals surface area (Å²) in [4.78, 5) is 18.0. The summed E-state index contributed by atoms with van der Waals surface area (Å²) in [6, 6.07) is -0.569. The number of imidazole rings is 1. The van der Waals surface area contributed by atoms with Gasteiger partial charge in [0.05, 0.1) is 6.04 Å². The predicted octanol–water partition coefficient (Wildman–Crippen LogP) is -0.288. The zero-order valence-electron chi connectivity index (χ0n) is 7.99. The lowest BCUT2D eigenvalue weighted by Gasteiger charge is -2.09. The van der Waals surface area contributed by atoms with Gasteiger partial charge in [-0.25, -0.2) is 4.98 Å². The van der Waals surface area contributed by atoms with Gasteiger partial charge in [-0.3, -0.25) is 10.1 Å². The molecule has 1 unspecified atom stereocenters. The second-order valence-corrected chi connectivity index (χ2v) is 2.81. The molecule has 0 bridgehead atoms. The van der Waals surface area contributed by atoms with Crippen LogP contribution in [0.4, 0.5) is 5.95 Å². The first kappa shape index (κ1) is 10.7. The summed E-state index contributed by atoms with van der Waals surface area (Å²) in [5.41, 5.74) is 5.59. The first-order valence-corrected chi connectivity index (χ1v) is 4.29. The number of carbonyl (C=O) groups is 1. The van der Waals surface area contributed by atoms with Crippen LogP contribution in [0.2, 0.25) is 0 Å². The van der Waals surface area contributed by atoms with Crippen LogP contribution in [-0.4, -0.2) is 35.6 Å². The summed E-state index contributed by atoms with van der Waals surface area (Å²) in [7, 11) is 1.57. The Hall–Kier alpha value is -1.40. The van der Waals surface area contributed by atoms with Crippen LogP contribution in [0.15, 0.2) is 12.4 Å². The Balaban J connectivity index is 2.34. The van der Waals surface area contributed by atoms with Gasteiger partial charge in [0.1, 0.15) is 0 Å². The Morgan fingerprint density at radius 3 is 3.21 bits per heavy atom. The minimum absolute atomic E-state index is 0.267. The average molecular weight is 198 g/mol. The molecule has 0 fully saturated rings. The zero-order chi connectivity index (χ0) is 10.4. The van der Waals surface area contributed by atoms with E-state index < -0.39 is 6.04 Å². The van der Waals surface area contributed by atoms with E-state index in [1.165, 1.54) is 0 Å². The van der Waals surface area contributed by atoms with Crippen molar-refractivity contribution >= 4 is 11.9 Å². The van der Waals surface area contributed by atoms with Gasteiger partial charge in [0, 0.05) is 26.1 Å². The third kappa shape index (κ3) is 3.15. The Bertz CT molecular complexity index is 273. The number of nitrogens with one attached hydrogen (secondary N) is 2. The van der Waals surface area contributed by atoms with E-state index >= 15 is 0 Å². The Morgan fingerprint density at radius 2 is 2.64 bits per heavy atom. The van der Waals surface area contributed by atoms with Crippen molar-refractivity contribution in [1.82, 2.24) is 9.97 Å². The highest BCUT2D eigenvalue weighted by atomic mass is 16.5. The number of rotatable bonds is 5. The molecule has 1 aromatic rings. The molecule has 78 valence electrons. The fraction of sp³-hybridized carbons (Fsp3) is 0.500. The molecule has 0 radical (unpaired) electrons. The van der Waals surface area contributed by atoms with Crippen LogP contribution >= 0.6 is 0 Å². The van der Waals surface area contributed by atoms with Crippen molar-refractivity contribution in [2.75, 3.05) is 19.0 Å². The summed E-state index contributed by atoms with van der Waals surface area (Å²) in [5.74, 6) is 0.139. The molecular weight excluding hydrogens is 184 g/mol. The number of amides is 1. The summed E-state index contributed by atoms with van der Waals surface area (Å²) in [6.07, 6.45) is 3.66. The van der Waals surface area contributed by atoms with Crippen LogP contribution in [0.25, 0.3) is 0 Å². The number of hydrogen-bond donors (Lipinski definition) is 3. The highest BCUT2D eigenvalue weighted by molar-refractivity contribution is 5.93. The van der Waals surface area contributed by atoms with Crippen LogP contribution in [-0.2, 0) is 9.53 Å².